The minimum atomic E-state index is -0.446. The summed E-state index contributed by atoms with van der Waals surface area (Å²) in [7, 11) is 0. The number of thiophene rings is 1. The highest BCUT2D eigenvalue weighted by molar-refractivity contribution is 7.18. The molecular weight excluding hydrogens is 270 g/mol. The number of hydrogen-bond donors (Lipinski definition) is 2. The molecule has 0 fully saturated rings. The van der Waals surface area contributed by atoms with E-state index >= 15 is 0 Å². The van der Waals surface area contributed by atoms with E-state index in [1.165, 1.54) is 4.88 Å². The van der Waals surface area contributed by atoms with E-state index in [1.807, 2.05) is 13.8 Å². The van der Waals surface area contributed by atoms with Gasteiger partial charge in [-0.05, 0) is 37.9 Å². The van der Waals surface area contributed by atoms with Crippen molar-refractivity contribution in [2.24, 2.45) is 0 Å². The second-order valence-corrected chi connectivity index (χ2v) is 6.25. The van der Waals surface area contributed by atoms with Gasteiger partial charge in [0.15, 0.2) is 0 Å². The number of hydrogen-bond acceptors (Lipinski definition) is 5. The Hall–Kier alpha value is -0.910. The third kappa shape index (κ3) is 2.74. The summed E-state index contributed by atoms with van der Waals surface area (Å²) in [4.78, 5) is 10.6. The van der Waals surface area contributed by atoms with Crippen LogP contribution in [0.1, 0.15) is 25.6 Å². The molecule has 0 spiro atoms. The molecule has 0 aliphatic heterocycles. The minimum absolute atomic E-state index is 0.0148. The van der Waals surface area contributed by atoms with Gasteiger partial charge in [0.25, 0.3) is 0 Å². The monoisotopic (exact) mass is 285 g/mol. The Morgan fingerprint density at radius 1 is 1.44 bits per heavy atom. The molecule has 0 aliphatic carbocycles. The number of anilines is 1. The van der Waals surface area contributed by atoms with Gasteiger partial charge in [0, 0.05) is 4.88 Å². The first-order valence-electron chi connectivity index (χ1n) is 5.80. The van der Waals surface area contributed by atoms with Crippen molar-refractivity contribution < 1.29 is 5.11 Å². The summed E-state index contributed by atoms with van der Waals surface area (Å²) >= 11 is 7.55. The second-order valence-electron chi connectivity index (χ2n) is 4.79. The fraction of sp³-hybridized carbons (Fsp3) is 0.500. The molecule has 4 nitrogen and oxygen atoms in total. The zero-order valence-electron chi connectivity index (χ0n) is 10.6. The van der Waals surface area contributed by atoms with Crippen LogP contribution >= 0.6 is 22.9 Å². The Balaban J connectivity index is 2.51. The molecule has 0 saturated heterocycles. The largest absolute Gasteiger partial charge is 0.394 e. The van der Waals surface area contributed by atoms with Gasteiger partial charge >= 0.3 is 0 Å². The van der Waals surface area contributed by atoms with Crippen molar-refractivity contribution >= 4 is 39.0 Å². The number of aromatic nitrogens is 2. The number of aryl methyl sites for hydroxylation is 1. The van der Waals surface area contributed by atoms with E-state index in [2.05, 4.69) is 28.3 Å². The highest BCUT2D eigenvalue weighted by atomic mass is 35.5. The first-order chi connectivity index (χ1) is 8.45. The predicted octanol–water partition coefficient (Wildman–Crippen LogP) is 3.09. The van der Waals surface area contributed by atoms with E-state index in [9.17, 15) is 5.11 Å². The fourth-order valence-corrected chi connectivity index (χ4v) is 2.76. The van der Waals surface area contributed by atoms with Crippen LogP contribution in [0, 0.1) is 0 Å². The summed E-state index contributed by atoms with van der Waals surface area (Å²) < 4.78 is 0. The number of aliphatic hydroxyl groups excluding tert-OH is 1. The lowest BCUT2D eigenvalue weighted by atomic mass is 10.1. The molecule has 0 unspecified atom stereocenters. The topological polar surface area (TPSA) is 58.0 Å². The number of nitrogens with zero attached hydrogens (tertiary/aromatic N) is 2. The average Bonchev–Trinajstić information content (AvgIpc) is 2.71. The van der Waals surface area contributed by atoms with Crippen molar-refractivity contribution in [3.05, 3.63) is 16.2 Å². The van der Waals surface area contributed by atoms with E-state index in [4.69, 9.17) is 11.6 Å². The molecule has 0 radical (unpaired) electrons. The Kier molecular flexibility index (Phi) is 3.75. The maximum absolute atomic E-state index is 9.31. The van der Waals surface area contributed by atoms with Gasteiger partial charge in [0.1, 0.15) is 10.6 Å². The molecule has 18 heavy (non-hydrogen) atoms. The first kappa shape index (κ1) is 13.5. The van der Waals surface area contributed by atoms with Gasteiger partial charge in [-0.2, -0.15) is 0 Å². The van der Waals surface area contributed by atoms with Crippen LogP contribution in [0.5, 0.6) is 0 Å². The molecule has 0 aromatic carbocycles. The lowest BCUT2D eigenvalue weighted by Crippen LogP contribution is -2.35. The van der Waals surface area contributed by atoms with Crippen LogP contribution in [0.15, 0.2) is 6.07 Å². The van der Waals surface area contributed by atoms with E-state index in [1.54, 1.807) is 11.3 Å². The predicted molar refractivity (Wildman–Crippen MR) is 76.6 cm³/mol. The summed E-state index contributed by atoms with van der Waals surface area (Å²) in [6.45, 7) is 5.93. The second kappa shape index (κ2) is 4.99. The van der Waals surface area contributed by atoms with Gasteiger partial charge in [-0.15, -0.1) is 11.3 Å². The Labute approximate surface area is 115 Å². The minimum Gasteiger partial charge on any atom is -0.394 e. The molecule has 2 rings (SSSR count). The number of nitrogens with one attached hydrogen (secondary N) is 1. The SMILES string of the molecule is CCc1cc2c(NC(C)(C)CO)nc(Cl)nc2s1. The summed E-state index contributed by atoms with van der Waals surface area (Å²) in [6, 6.07) is 2.08. The van der Waals surface area contributed by atoms with Crippen molar-refractivity contribution in [2.45, 2.75) is 32.7 Å². The van der Waals surface area contributed by atoms with Crippen molar-refractivity contribution in [2.75, 3.05) is 11.9 Å². The number of aliphatic hydroxyl groups is 1. The molecule has 98 valence electrons. The van der Waals surface area contributed by atoms with E-state index in [0.717, 1.165) is 16.6 Å². The van der Waals surface area contributed by atoms with Gasteiger partial charge in [0.05, 0.1) is 17.5 Å². The summed E-state index contributed by atoms with van der Waals surface area (Å²) in [5, 5.41) is 13.7. The van der Waals surface area contributed by atoms with Crippen LogP contribution in [-0.2, 0) is 6.42 Å². The lowest BCUT2D eigenvalue weighted by molar-refractivity contribution is 0.234. The van der Waals surface area contributed by atoms with Crippen molar-refractivity contribution in [1.29, 1.82) is 0 Å². The van der Waals surface area contributed by atoms with Crippen LogP contribution in [0.4, 0.5) is 5.82 Å². The highest BCUT2D eigenvalue weighted by Gasteiger charge is 2.19. The standard InChI is InChI=1S/C12H16ClN3OS/c1-4-7-5-8-9(16-12(2,3)6-17)14-11(13)15-10(8)18-7/h5,17H,4,6H2,1-3H3,(H,14,15,16). The maximum Gasteiger partial charge on any atom is 0.225 e. The Morgan fingerprint density at radius 3 is 2.78 bits per heavy atom. The molecule has 0 aliphatic rings. The lowest BCUT2D eigenvalue weighted by Gasteiger charge is -2.24. The van der Waals surface area contributed by atoms with Crippen LogP contribution in [0.2, 0.25) is 5.28 Å². The quantitative estimate of drug-likeness (QED) is 0.848. The maximum atomic E-state index is 9.31. The van der Waals surface area contributed by atoms with Crippen LogP contribution in [0.3, 0.4) is 0 Å². The average molecular weight is 286 g/mol. The van der Waals surface area contributed by atoms with Gasteiger partial charge in [-0.25, -0.2) is 9.97 Å². The molecule has 2 aromatic heterocycles. The Morgan fingerprint density at radius 2 is 2.17 bits per heavy atom. The van der Waals surface area contributed by atoms with Crippen molar-refractivity contribution in [1.82, 2.24) is 9.97 Å². The van der Waals surface area contributed by atoms with E-state index in [0.29, 0.717) is 5.82 Å². The molecule has 0 atom stereocenters. The molecule has 0 saturated carbocycles. The molecule has 0 bridgehead atoms. The Bertz CT molecular complexity index is 568. The highest BCUT2D eigenvalue weighted by Crippen LogP contribution is 2.31. The zero-order chi connectivity index (χ0) is 13.3. The molecular formula is C12H16ClN3OS. The molecule has 2 N–H and O–H groups in total. The van der Waals surface area contributed by atoms with Gasteiger partial charge in [0.2, 0.25) is 5.28 Å². The van der Waals surface area contributed by atoms with Crippen LogP contribution in [-0.4, -0.2) is 27.2 Å². The first-order valence-corrected chi connectivity index (χ1v) is 6.99. The van der Waals surface area contributed by atoms with Crippen molar-refractivity contribution in [3.63, 3.8) is 0 Å². The summed E-state index contributed by atoms with van der Waals surface area (Å²) in [6.07, 6.45) is 0.960. The van der Waals surface area contributed by atoms with Gasteiger partial charge in [-0.1, -0.05) is 6.92 Å². The number of fused-ring (bicyclic) bond motifs is 1. The smallest absolute Gasteiger partial charge is 0.225 e. The summed E-state index contributed by atoms with van der Waals surface area (Å²) in [5.41, 5.74) is -0.446. The summed E-state index contributed by atoms with van der Waals surface area (Å²) in [5.74, 6) is 0.681. The van der Waals surface area contributed by atoms with Crippen LogP contribution in [0.25, 0.3) is 10.2 Å². The van der Waals surface area contributed by atoms with Gasteiger partial charge < -0.3 is 10.4 Å². The third-order valence-corrected chi connectivity index (χ3v) is 3.96. The van der Waals surface area contributed by atoms with Crippen molar-refractivity contribution in [3.8, 4) is 0 Å². The molecule has 6 heteroatoms. The van der Waals surface area contributed by atoms with Gasteiger partial charge in [-0.3, -0.25) is 0 Å². The molecule has 2 aromatic rings. The fourth-order valence-electron chi connectivity index (χ4n) is 1.57. The molecule has 0 amide bonds. The molecule has 2 heterocycles. The third-order valence-electron chi connectivity index (χ3n) is 2.62. The zero-order valence-corrected chi connectivity index (χ0v) is 12.2. The van der Waals surface area contributed by atoms with Crippen LogP contribution < -0.4 is 5.32 Å². The normalized spacial score (nSPS) is 12.1. The van der Waals surface area contributed by atoms with E-state index in [-0.39, 0.29) is 11.9 Å². The van der Waals surface area contributed by atoms with E-state index < -0.39 is 5.54 Å². The number of rotatable bonds is 4. The number of halogens is 1.